The van der Waals surface area contributed by atoms with Gasteiger partial charge in [0.15, 0.2) is 21.3 Å². The van der Waals surface area contributed by atoms with Gasteiger partial charge in [-0.25, -0.2) is 13.4 Å². The second kappa shape index (κ2) is 8.60. The number of fused-ring (bicyclic) bond motifs is 1. The van der Waals surface area contributed by atoms with Crippen molar-refractivity contribution in [1.82, 2.24) is 10.3 Å². The molecule has 5 rings (SSSR count). The quantitative estimate of drug-likeness (QED) is 0.664. The monoisotopic (exact) mass is 477 g/mol. The minimum Gasteiger partial charge on any atom is -0.454 e. The van der Waals surface area contributed by atoms with Crippen LogP contribution in [-0.4, -0.2) is 75.1 Å². The molecule has 4 heterocycles. The molecule has 33 heavy (non-hydrogen) atoms. The Balaban J connectivity index is 1.32. The standard InChI is InChI=1S/C22H27N3O7S/c26-20-4-2-17(24-25(20)16-5-10-33(28,29)12-16)21(27)23-13-22(6-8-30-9-7-22)15-1-3-18-19(11-15)32-14-31-18/h1,3,11,16H,2,4-10,12-14H2,(H,23,27). The normalized spacial score (nSPS) is 25.6. The number of nitrogens with zero attached hydrogens (tertiary/aromatic N) is 2. The number of rotatable bonds is 5. The summed E-state index contributed by atoms with van der Waals surface area (Å²) < 4.78 is 40.2. The Morgan fingerprint density at radius 2 is 1.97 bits per heavy atom. The lowest BCUT2D eigenvalue weighted by Gasteiger charge is -2.38. The van der Waals surface area contributed by atoms with Crippen molar-refractivity contribution in [3.63, 3.8) is 0 Å². The molecule has 4 aliphatic heterocycles. The zero-order valence-electron chi connectivity index (χ0n) is 18.2. The molecule has 2 fully saturated rings. The molecule has 1 atom stereocenters. The van der Waals surface area contributed by atoms with Gasteiger partial charge in [0.25, 0.3) is 5.91 Å². The van der Waals surface area contributed by atoms with E-state index >= 15 is 0 Å². The Kier molecular flexibility index (Phi) is 5.77. The number of ether oxygens (including phenoxy) is 3. The summed E-state index contributed by atoms with van der Waals surface area (Å²) in [6, 6.07) is 5.37. The molecule has 0 aromatic heterocycles. The van der Waals surface area contributed by atoms with Gasteiger partial charge < -0.3 is 19.5 Å². The highest BCUT2D eigenvalue weighted by atomic mass is 32.2. The van der Waals surface area contributed by atoms with E-state index in [9.17, 15) is 18.0 Å². The lowest BCUT2D eigenvalue weighted by molar-refractivity contribution is -0.133. The summed E-state index contributed by atoms with van der Waals surface area (Å²) >= 11 is 0. The maximum atomic E-state index is 13.0. The van der Waals surface area contributed by atoms with Crippen LogP contribution in [0.3, 0.4) is 0 Å². The predicted octanol–water partition coefficient (Wildman–Crippen LogP) is 0.745. The molecule has 178 valence electrons. The van der Waals surface area contributed by atoms with Crippen LogP contribution in [0.4, 0.5) is 0 Å². The SMILES string of the molecule is O=C(NCC1(c2ccc3c(c2)OCO3)CCOCC1)C1=NN(C2CCS(=O)(=O)C2)C(=O)CC1. The summed E-state index contributed by atoms with van der Waals surface area (Å²) in [5, 5.41) is 8.51. The first-order valence-electron chi connectivity index (χ1n) is 11.2. The topological polar surface area (TPSA) is 124 Å². The minimum absolute atomic E-state index is 0.0403. The molecule has 4 aliphatic rings. The zero-order valence-corrected chi connectivity index (χ0v) is 19.1. The number of amides is 2. The molecule has 1 unspecified atom stereocenters. The van der Waals surface area contributed by atoms with Crippen LogP contribution in [0, 0.1) is 0 Å². The number of sulfone groups is 1. The van der Waals surface area contributed by atoms with Crippen molar-refractivity contribution in [2.45, 2.75) is 43.6 Å². The molecule has 0 bridgehead atoms. The van der Waals surface area contributed by atoms with Crippen molar-refractivity contribution in [2.75, 3.05) is 38.1 Å². The van der Waals surface area contributed by atoms with Crippen LogP contribution in [0.5, 0.6) is 11.5 Å². The molecule has 0 saturated carbocycles. The zero-order chi connectivity index (χ0) is 23.1. The van der Waals surface area contributed by atoms with Crippen molar-refractivity contribution in [3.05, 3.63) is 23.8 Å². The molecule has 2 saturated heterocycles. The van der Waals surface area contributed by atoms with Gasteiger partial charge in [-0.15, -0.1) is 0 Å². The number of hydrogen-bond donors (Lipinski definition) is 1. The summed E-state index contributed by atoms with van der Waals surface area (Å²) in [5.74, 6) is 0.764. The molecule has 2 amide bonds. The highest BCUT2D eigenvalue weighted by Gasteiger charge is 2.39. The maximum Gasteiger partial charge on any atom is 0.267 e. The van der Waals surface area contributed by atoms with Crippen LogP contribution in [-0.2, 0) is 29.6 Å². The number of nitrogens with one attached hydrogen (secondary N) is 1. The van der Waals surface area contributed by atoms with E-state index in [4.69, 9.17) is 14.2 Å². The Morgan fingerprint density at radius 1 is 1.18 bits per heavy atom. The number of hydrogen-bond acceptors (Lipinski definition) is 8. The van der Waals surface area contributed by atoms with Crippen LogP contribution in [0.15, 0.2) is 23.3 Å². The predicted molar refractivity (Wildman–Crippen MR) is 118 cm³/mol. The Hall–Kier alpha value is -2.66. The smallest absolute Gasteiger partial charge is 0.267 e. The van der Waals surface area contributed by atoms with E-state index < -0.39 is 15.9 Å². The van der Waals surface area contributed by atoms with E-state index in [0.29, 0.717) is 37.7 Å². The van der Waals surface area contributed by atoms with Crippen molar-refractivity contribution in [3.8, 4) is 11.5 Å². The molecule has 1 aromatic rings. The van der Waals surface area contributed by atoms with Crippen molar-refractivity contribution in [1.29, 1.82) is 0 Å². The molecule has 1 aromatic carbocycles. The first kappa shape index (κ1) is 22.1. The average Bonchev–Trinajstić information content (AvgIpc) is 3.43. The van der Waals surface area contributed by atoms with Crippen molar-refractivity contribution in [2.24, 2.45) is 5.10 Å². The Morgan fingerprint density at radius 3 is 2.73 bits per heavy atom. The number of benzene rings is 1. The summed E-state index contributed by atoms with van der Waals surface area (Å²) in [6.45, 7) is 1.76. The second-order valence-electron chi connectivity index (χ2n) is 8.99. The van der Waals surface area contributed by atoms with Gasteiger partial charge in [-0.05, 0) is 37.0 Å². The molecule has 1 N–H and O–H groups in total. The van der Waals surface area contributed by atoms with Crippen molar-refractivity contribution >= 4 is 27.4 Å². The Bertz CT molecular complexity index is 1100. The molecule has 0 radical (unpaired) electrons. The second-order valence-corrected chi connectivity index (χ2v) is 11.2. The van der Waals surface area contributed by atoms with E-state index in [2.05, 4.69) is 10.4 Å². The molecule has 10 nitrogen and oxygen atoms in total. The van der Waals surface area contributed by atoms with Crippen molar-refractivity contribution < 1.29 is 32.2 Å². The third-order valence-electron chi connectivity index (χ3n) is 6.90. The molecule has 11 heteroatoms. The van der Waals surface area contributed by atoms with E-state index in [-0.39, 0.29) is 54.1 Å². The van der Waals surface area contributed by atoms with Gasteiger partial charge >= 0.3 is 0 Å². The molecular formula is C22H27N3O7S. The van der Waals surface area contributed by atoms with Crippen LogP contribution < -0.4 is 14.8 Å². The Labute approximate surface area is 192 Å². The van der Waals surface area contributed by atoms with Gasteiger partial charge in [0.05, 0.1) is 17.5 Å². The van der Waals surface area contributed by atoms with Crippen LogP contribution >= 0.6 is 0 Å². The number of carbonyl (C=O) groups is 2. The fraction of sp³-hybridized carbons (Fsp3) is 0.591. The maximum absolute atomic E-state index is 13.0. The third kappa shape index (κ3) is 4.43. The van der Waals surface area contributed by atoms with E-state index in [1.807, 2.05) is 18.2 Å². The largest absolute Gasteiger partial charge is 0.454 e. The highest BCUT2D eigenvalue weighted by molar-refractivity contribution is 7.91. The van der Waals surface area contributed by atoms with Gasteiger partial charge in [-0.3, -0.25) is 9.59 Å². The first-order valence-corrected chi connectivity index (χ1v) is 13.0. The van der Waals surface area contributed by atoms with Crippen LogP contribution in [0.1, 0.15) is 37.7 Å². The van der Waals surface area contributed by atoms with Gasteiger partial charge in [0.2, 0.25) is 12.7 Å². The highest BCUT2D eigenvalue weighted by Crippen LogP contribution is 2.40. The third-order valence-corrected chi connectivity index (χ3v) is 8.65. The fourth-order valence-electron chi connectivity index (χ4n) is 4.90. The minimum atomic E-state index is -3.17. The summed E-state index contributed by atoms with van der Waals surface area (Å²) in [7, 11) is -3.17. The van der Waals surface area contributed by atoms with Crippen LogP contribution in [0.25, 0.3) is 0 Å². The average molecular weight is 478 g/mol. The molecule has 0 spiro atoms. The first-order chi connectivity index (χ1) is 15.9. The van der Waals surface area contributed by atoms with E-state index in [1.54, 1.807) is 0 Å². The number of carbonyl (C=O) groups excluding carboxylic acids is 2. The molecular weight excluding hydrogens is 450 g/mol. The molecule has 0 aliphatic carbocycles. The number of hydrazone groups is 1. The lowest BCUT2D eigenvalue weighted by atomic mass is 9.74. The van der Waals surface area contributed by atoms with E-state index in [1.165, 1.54) is 5.01 Å². The van der Waals surface area contributed by atoms with Crippen LogP contribution in [0.2, 0.25) is 0 Å². The van der Waals surface area contributed by atoms with Gasteiger partial charge in [0, 0.05) is 38.0 Å². The fourth-order valence-corrected chi connectivity index (χ4v) is 6.59. The summed E-state index contributed by atoms with van der Waals surface area (Å²) in [4.78, 5) is 25.4. The van der Waals surface area contributed by atoms with E-state index in [0.717, 1.165) is 18.4 Å². The summed E-state index contributed by atoms with van der Waals surface area (Å²) in [6.07, 6.45) is 2.21. The van der Waals surface area contributed by atoms with Gasteiger partial charge in [-0.1, -0.05) is 6.07 Å². The summed E-state index contributed by atoms with van der Waals surface area (Å²) in [5.41, 5.74) is 0.986. The van der Waals surface area contributed by atoms with Gasteiger partial charge in [-0.2, -0.15) is 5.10 Å². The lowest BCUT2D eigenvalue weighted by Crippen LogP contribution is -2.48. The van der Waals surface area contributed by atoms with Gasteiger partial charge in [0.1, 0.15) is 5.71 Å².